The van der Waals surface area contributed by atoms with Crippen molar-refractivity contribution < 1.29 is 17.3 Å². The van der Waals surface area contributed by atoms with Gasteiger partial charge in [0, 0.05) is 32.6 Å². The van der Waals surface area contributed by atoms with Crippen molar-refractivity contribution in [1.82, 2.24) is 19.3 Å². The van der Waals surface area contributed by atoms with Gasteiger partial charge in [-0.2, -0.15) is 9.29 Å². The fraction of sp³-hybridized carbons (Fsp3) is 0.368. The maximum Gasteiger partial charge on any atom is 0.246 e. The summed E-state index contributed by atoms with van der Waals surface area (Å²) in [5, 5.41) is 5.97. The monoisotopic (exact) mass is 436 g/mol. The zero-order chi connectivity index (χ0) is 20.3. The lowest BCUT2D eigenvalue weighted by molar-refractivity contribution is 0.185. The summed E-state index contributed by atoms with van der Waals surface area (Å²) in [6.45, 7) is 2.72. The second-order valence-electron chi connectivity index (χ2n) is 6.77. The van der Waals surface area contributed by atoms with Crippen molar-refractivity contribution in [2.45, 2.75) is 17.7 Å². The average molecular weight is 437 g/mol. The number of aromatic nitrogens is 2. The molecule has 0 N–H and O–H groups in total. The zero-order valence-corrected chi connectivity index (χ0v) is 17.3. The van der Waals surface area contributed by atoms with Gasteiger partial charge in [-0.1, -0.05) is 23.4 Å². The first kappa shape index (κ1) is 20.1. The molecule has 29 heavy (non-hydrogen) atoms. The Morgan fingerprint density at radius 2 is 1.90 bits per heavy atom. The number of rotatable bonds is 7. The van der Waals surface area contributed by atoms with E-state index >= 15 is 0 Å². The third-order valence-electron chi connectivity index (χ3n) is 4.86. The first-order valence-corrected chi connectivity index (χ1v) is 11.7. The van der Waals surface area contributed by atoms with E-state index in [2.05, 4.69) is 15.0 Å². The Bertz CT molecular complexity index is 1050. The molecule has 0 spiro atoms. The summed E-state index contributed by atoms with van der Waals surface area (Å²) < 4.78 is 45.9. The van der Waals surface area contributed by atoms with Gasteiger partial charge in [-0.05, 0) is 36.5 Å². The summed E-state index contributed by atoms with van der Waals surface area (Å²) in [5.41, 5.74) is 0. The van der Waals surface area contributed by atoms with Crippen molar-refractivity contribution in [3.63, 3.8) is 0 Å². The van der Waals surface area contributed by atoms with Crippen LogP contribution in [0, 0.1) is 5.82 Å². The Labute approximate surface area is 172 Å². The summed E-state index contributed by atoms with van der Waals surface area (Å²) in [7, 11) is -3.80. The van der Waals surface area contributed by atoms with Crippen molar-refractivity contribution in [3.05, 3.63) is 53.5 Å². The van der Waals surface area contributed by atoms with Crippen LogP contribution in [0.5, 0.6) is 0 Å². The van der Waals surface area contributed by atoms with E-state index in [9.17, 15) is 12.8 Å². The lowest BCUT2D eigenvalue weighted by Crippen LogP contribution is -2.48. The average Bonchev–Trinajstić information content (AvgIpc) is 3.40. The quantitative estimate of drug-likeness (QED) is 0.567. The summed E-state index contributed by atoms with van der Waals surface area (Å²) in [6.07, 6.45) is 1.51. The first-order chi connectivity index (χ1) is 14.0. The third kappa shape index (κ3) is 4.55. The van der Waals surface area contributed by atoms with E-state index in [0.29, 0.717) is 44.3 Å². The molecule has 0 radical (unpaired) electrons. The molecule has 1 aliphatic rings. The van der Waals surface area contributed by atoms with Crippen LogP contribution in [0.15, 0.2) is 51.2 Å². The number of thiophene rings is 1. The minimum absolute atomic E-state index is 0.258. The van der Waals surface area contributed by atoms with Crippen LogP contribution >= 0.6 is 11.3 Å². The Hall–Kier alpha value is -2.14. The van der Waals surface area contributed by atoms with Crippen LogP contribution in [0.4, 0.5) is 4.39 Å². The van der Waals surface area contributed by atoms with Gasteiger partial charge in [0.05, 0.1) is 4.88 Å². The number of aryl methyl sites for hydroxylation is 1. The van der Waals surface area contributed by atoms with Crippen molar-refractivity contribution in [2.75, 3.05) is 32.7 Å². The van der Waals surface area contributed by atoms with Gasteiger partial charge in [0.1, 0.15) is 10.7 Å². The summed E-state index contributed by atoms with van der Waals surface area (Å²) in [6, 6.07) is 9.40. The SMILES string of the molecule is O=S(=O)(c1ccccc1F)N1CCN(CCCc2nc(-c3cccs3)no2)CC1. The maximum absolute atomic E-state index is 13.9. The third-order valence-corrected chi connectivity index (χ3v) is 7.66. The molecule has 0 bridgehead atoms. The number of piperazine rings is 1. The molecule has 1 fully saturated rings. The van der Waals surface area contributed by atoms with E-state index in [0.717, 1.165) is 17.8 Å². The predicted octanol–water partition coefficient (Wildman–Crippen LogP) is 2.88. The van der Waals surface area contributed by atoms with Crippen molar-refractivity contribution >= 4 is 21.4 Å². The summed E-state index contributed by atoms with van der Waals surface area (Å²) >= 11 is 1.57. The lowest BCUT2D eigenvalue weighted by atomic mass is 10.2. The van der Waals surface area contributed by atoms with E-state index in [4.69, 9.17) is 4.52 Å². The van der Waals surface area contributed by atoms with Gasteiger partial charge in [-0.25, -0.2) is 12.8 Å². The molecule has 0 atom stereocenters. The maximum atomic E-state index is 13.9. The van der Waals surface area contributed by atoms with Crippen LogP contribution in [0.25, 0.3) is 10.7 Å². The first-order valence-electron chi connectivity index (χ1n) is 9.37. The van der Waals surface area contributed by atoms with Crippen LogP contribution in [0.1, 0.15) is 12.3 Å². The van der Waals surface area contributed by atoms with Crippen LogP contribution in [-0.2, 0) is 16.4 Å². The highest BCUT2D eigenvalue weighted by Gasteiger charge is 2.30. The number of sulfonamides is 1. The largest absolute Gasteiger partial charge is 0.339 e. The van der Waals surface area contributed by atoms with Gasteiger partial charge >= 0.3 is 0 Å². The molecule has 0 amide bonds. The summed E-state index contributed by atoms with van der Waals surface area (Å²) in [5.74, 6) is 0.507. The van der Waals surface area contributed by atoms with Gasteiger partial charge in [0.25, 0.3) is 0 Å². The fourth-order valence-corrected chi connectivity index (χ4v) is 5.44. The number of nitrogens with zero attached hydrogens (tertiary/aromatic N) is 4. The van der Waals surface area contributed by atoms with E-state index in [1.165, 1.54) is 28.6 Å². The highest BCUT2D eigenvalue weighted by atomic mass is 32.2. The smallest absolute Gasteiger partial charge is 0.246 e. The second-order valence-corrected chi connectivity index (χ2v) is 9.62. The van der Waals surface area contributed by atoms with Gasteiger partial charge < -0.3 is 9.42 Å². The van der Waals surface area contributed by atoms with E-state index in [-0.39, 0.29) is 4.90 Å². The number of hydrogen-bond acceptors (Lipinski definition) is 7. The van der Waals surface area contributed by atoms with Gasteiger partial charge in [0.15, 0.2) is 0 Å². The standard InChI is InChI=1S/C19H21FN4O3S2/c20-15-5-1-2-7-17(15)29(25,26)24-12-10-23(11-13-24)9-3-8-18-21-19(22-27-18)16-6-4-14-28-16/h1-2,4-7,14H,3,8-13H2. The Kier molecular flexibility index (Phi) is 6.04. The second kappa shape index (κ2) is 8.70. The molecule has 4 rings (SSSR count). The number of halogens is 1. The molecule has 0 saturated carbocycles. The van der Waals surface area contributed by atoms with Gasteiger partial charge in [-0.15, -0.1) is 11.3 Å². The normalized spacial score (nSPS) is 16.3. The fourth-order valence-electron chi connectivity index (χ4n) is 3.30. The van der Waals surface area contributed by atoms with E-state index in [1.807, 2.05) is 17.5 Å². The van der Waals surface area contributed by atoms with E-state index in [1.54, 1.807) is 11.3 Å². The molecule has 1 saturated heterocycles. The van der Waals surface area contributed by atoms with Gasteiger partial charge in [0.2, 0.25) is 21.7 Å². The number of hydrogen-bond donors (Lipinski definition) is 0. The van der Waals surface area contributed by atoms with E-state index < -0.39 is 15.8 Å². The molecular weight excluding hydrogens is 415 g/mol. The molecule has 7 nitrogen and oxygen atoms in total. The molecule has 3 aromatic rings. The highest BCUT2D eigenvalue weighted by molar-refractivity contribution is 7.89. The minimum Gasteiger partial charge on any atom is -0.339 e. The molecular formula is C19H21FN4O3S2. The lowest BCUT2D eigenvalue weighted by Gasteiger charge is -2.33. The van der Waals surface area contributed by atoms with Crippen molar-refractivity contribution in [1.29, 1.82) is 0 Å². The highest BCUT2D eigenvalue weighted by Crippen LogP contribution is 2.22. The molecule has 1 aromatic carbocycles. The molecule has 0 aliphatic carbocycles. The Morgan fingerprint density at radius 1 is 1.10 bits per heavy atom. The molecule has 0 unspecified atom stereocenters. The molecule has 154 valence electrons. The van der Waals surface area contributed by atoms with Crippen LogP contribution in [0.3, 0.4) is 0 Å². The molecule has 2 aromatic heterocycles. The van der Waals surface area contributed by atoms with Gasteiger partial charge in [-0.3, -0.25) is 0 Å². The van der Waals surface area contributed by atoms with Crippen LogP contribution < -0.4 is 0 Å². The topological polar surface area (TPSA) is 79.5 Å². The molecule has 1 aliphatic heterocycles. The summed E-state index contributed by atoms with van der Waals surface area (Å²) in [4.78, 5) is 7.33. The minimum atomic E-state index is -3.80. The Balaban J connectivity index is 1.26. The number of benzene rings is 1. The van der Waals surface area contributed by atoms with Crippen LogP contribution in [-0.4, -0.2) is 60.5 Å². The Morgan fingerprint density at radius 3 is 2.62 bits per heavy atom. The van der Waals surface area contributed by atoms with Crippen molar-refractivity contribution in [3.8, 4) is 10.7 Å². The predicted molar refractivity (Wildman–Crippen MR) is 108 cm³/mol. The zero-order valence-electron chi connectivity index (χ0n) is 15.7. The van der Waals surface area contributed by atoms with Crippen LogP contribution in [0.2, 0.25) is 0 Å². The molecule has 10 heteroatoms. The molecule has 3 heterocycles. The van der Waals surface area contributed by atoms with Crippen molar-refractivity contribution in [2.24, 2.45) is 0 Å².